The Bertz CT molecular complexity index is 1330. The molecule has 0 unspecified atom stereocenters. The first kappa shape index (κ1) is 37.2. The maximum Gasteiger partial charge on any atom is 0.412 e. The number of carbonyl (C=O) groups excluding carboxylic acids is 2. The van der Waals surface area contributed by atoms with Crippen molar-refractivity contribution in [2.24, 2.45) is 0 Å². The predicted molar refractivity (Wildman–Crippen MR) is 180 cm³/mol. The van der Waals surface area contributed by atoms with Gasteiger partial charge in [-0.2, -0.15) is 0 Å². The van der Waals surface area contributed by atoms with Crippen molar-refractivity contribution in [3.05, 3.63) is 81.6 Å². The number of hydrogen-bond donors (Lipinski definition) is 4. The Morgan fingerprint density at radius 2 is 1.63 bits per heavy atom. The molecule has 0 radical (unpaired) electrons. The fraction of sp³-hybridized carbons (Fsp3) is 0.441. The van der Waals surface area contributed by atoms with Gasteiger partial charge in [-0.1, -0.05) is 89.7 Å². The molecule has 1 aliphatic carbocycles. The summed E-state index contributed by atoms with van der Waals surface area (Å²) in [5.41, 5.74) is 5.95. The number of rotatable bonds is 9. The quantitative estimate of drug-likeness (QED) is 0.212. The van der Waals surface area contributed by atoms with Crippen LogP contribution in [0, 0.1) is 4.64 Å². The van der Waals surface area contributed by atoms with Gasteiger partial charge in [0.1, 0.15) is 17.0 Å². The van der Waals surface area contributed by atoms with Crippen LogP contribution in [0.5, 0.6) is 5.75 Å². The number of benzene rings is 1. The van der Waals surface area contributed by atoms with Crippen molar-refractivity contribution in [3.63, 3.8) is 0 Å². The van der Waals surface area contributed by atoms with E-state index in [-0.39, 0.29) is 12.5 Å². The minimum atomic E-state index is -0.534. The molecule has 1 heterocycles. The van der Waals surface area contributed by atoms with Crippen LogP contribution >= 0.6 is 12.2 Å². The fourth-order valence-electron chi connectivity index (χ4n) is 4.02. The predicted octanol–water partition coefficient (Wildman–Crippen LogP) is 9.42. The Morgan fingerprint density at radius 3 is 2.19 bits per heavy atom. The van der Waals surface area contributed by atoms with E-state index in [0.717, 1.165) is 23.2 Å². The molecule has 0 bridgehead atoms. The fourth-order valence-corrected chi connectivity index (χ4v) is 4.19. The molecule has 1 aliphatic rings. The van der Waals surface area contributed by atoms with Crippen molar-refractivity contribution in [1.29, 1.82) is 0 Å². The minimum Gasteiger partial charge on any atom is -0.445 e. The normalized spacial score (nSPS) is 13.9. The summed E-state index contributed by atoms with van der Waals surface area (Å²) >= 11 is 5.15. The van der Waals surface area contributed by atoms with Crippen LogP contribution in [0.2, 0.25) is 0 Å². The van der Waals surface area contributed by atoms with E-state index < -0.39 is 12.2 Å². The Morgan fingerprint density at radius 1 is 0.977 bits per heavy atom. The van der Waals surface area contributed by atoms with Crippen molar-refractivity contribution in [2.75, 3.05) is 13.1 Å². The zero-order chi connectivity index (χ0) is 32.2. The zero-order valence-corrected chi connectivity index (χ0v) is 27.9. The van der Waals surface area contributed by atoms with E-state index in [0.29, 0.717) is 29.0 Å². The first-order chi connectivity index (χ1) is 20.7. The van der Waals surface area contributed by atoms with Gasteiger partial charge in [0, 0.05) is 24.2 Å². The highest BCUT2D eigenvalue weighted by molar-refractivity contribution is 7.71. The van der Waals surface area contributed by atoms with Gasteiger partial charge in [-0.3, -0.25) is 10.2 Å². The van der Waals surface area contributed by atoms with Gasteiger partial charge in [-0.05, 0) is 74.4 Å². The van der Waals surface area contributed by atoms with E-state index in [4.69, 9.17) is 21.7 Å². The third kappa shape index (κ3) is 13.3. The summed E-state index contributed by atoms with van der Waals surface area (Å²) in [5.74, 6) is 0.525. The Kier molecular flexibility index (Phi) is 18.1. The molecular formula is C34H50N4O4S. The van der Waals surface area contributed by atoms with Crippen LogP contribution in [0.25, 0.3) is 11.3 Å². The summed E-state index contributed by atoms with van der Waals surface area (Å²) in [5, 5.41) is 11.1. The van der Waals surface area contributed by atoms with Gasteiger partial charge in [-0.25, -0.2) is 9.59 Å². The highest BCUT2D eigenvalue weighted by Gasteiger charge is 2.19. The van der Waals surface area contributed by atoms with Gasteiger partial charge < -0.3 is 20.1 Å². The lowest BCUT2D eigenvalue weighted by Gasteiger charge is -2.18. The number of nitrogens with one attached hydrogen (secondary N) is 4. The van der Waals surface area contributed by atoms with E-state index in [1.807, 2.05) is 47.6 Å². The molecule has 2 aromatic rings. The average Bonchev–Trinajstić information content (AvgIpc) is 3.29. The number of alkyl carbamates (subject to hydrolysis) is 1. The molecule has 4 N–H and O–H groups in total. The van der Waals surface area contributed by atoms with Crippen molar-refractivity contribution < 1.29 is 19.1 Å². The van der Waals surface area contributed by atoms with Gasteiger partial charge >= 0.3 is 12.2 Å². The minimum absolute atomic E-state index is 0.0110. The Hall–Kier alpha value is -3.85. The standard InChI is InChI=1S/C19H26N4O4S.C13H18.C2H6/c1-5-20-18(24)26-10-12-7-16(27-19(25)21-6-2)13(11(3)4)8-14(12)15-9-17(28)23-22-15;1-3-5-8-13-10-7-6-9-12(4-2)11-13;1-2/h7-9,11H,5-6,10H2,1-4H3,(H,20,24)(H,21,25)(H2,22,23,28);4,6-10H,3,5,11H2,1-2H3;1-2H3/b;12-4-,13-8-;. The van der Waals surface area contributed by atoms with E-state index in [2.05, 4.69) is 71.1 Å². The maximum atomic E-state index is 12.0. The zero-order valence-electron chi connectivity index (χ0n) is 27.1. The van der Waals surface area contributed by atoms with Crippen LogP contribution in [0.4, 0.5) is 9.59 Å². The highest BCUT2D eigenvalue weighted by Crippen LogP contribution is 2.35. The molecule has 0 spiro atoms. The van der Waals surface area contributed by atoms with E-state index in [1.54, 1.807) is 12.1 Å². The van der Waals surface area contributed by atoms with Crippen LogP contribution < -0.4 is 15.4 Å². The number of unbranched alkanes of at least 4 members (excludes halogenated alkanes) is 1. The Labute approximate surface area is 262 Å². The summed E-state index contributed by atoms with van der Waals surface area (Å²) in [4.78, 5) is 23.7. The van der Waals surface area contributed by atoms with E-state index >= 15 is 0 Å². The molecule has 0 aliphatic heterocycles. The van der Waals surface area contributed by atoms with E-state index in [9.17, 15) is 9.59 Å². The van der Waals surface area contributed by atoms with Crippen LogP contribution in [0.15, 0.2) is 65.8 Å². The number of H-pyrrole nitrogens is 2. The van der Waals surface area contributed by atoms with E-state index in [1.165, 1.54) is 24.0 Å². The molecule has 43 heavy (non-hydrogen) atoms. The molecule has 0 saturated carbocycles. The van der Waals surface area contributed by atoms with Crippen molar-refractivity contribution in [3.8, 4) is 17.0 Å². The third-order valence-corrected chi connectivity index (χ3v) is 6.37. The number of hydrogen-bond acceptors (Lipinski definition) is 5. The van der Waals surface area contributed by atoms with Gasteiger partial charge in [0.05, 0.1) is 5.69 Å². The topological polar surface area (TPSA) is 108 Å². The summed E-state index contributed by atoms with van der Waals surface area (Å²) in [6.45, 7) is 16.9. The molecule has 0 atom stereocenters. The summed E-state index contributed by atoms with van der Waals surface area (Å²) < 4.78 is 11.3. The number of aromatic amines is 2. The molecule has 236 valence electrons. The van der Waals surface area contributed by atoms with Gasteiger partial charge in [0.2, 0.25) is 0 Å². The third-order valence-electron chi connectivity index (χ3n) is 6.15. The second kappa shape index (κ2) is 20.9. The second-order valence-corrected chi connectivity index (χ2v) is 10.2. The summed E-state index contributed by atoms with van der Waals surface area (Å²) in [6, 6.07) is 5.43. The Balaban J connectivity index is 0.000000514. The highest BCUT2D eigenvalue weighted by atomic mass is 32.1. The van der Waals surface area contributed by atoms with Gasteiger partial charge in [-0.15, -0.1) is 0 Å². The first-order valence-corrected chi connectivity index (χ1v) is 15.6. The molecule has 1 aromatic heterocycles. The molecule has 1 aromatic carbocycles. The molecule has 8 nitrogen and oxygen atoms in total. The largest absolute Gasteiger partial charge is 0.445 e. The lowest BCUT2D eigenvalue weighted by atomic mass is 9.94. The lowest BCUT2D eigenvalue weighted by molar-refractivity contribution is 0.140. The summed E-state index contributed by atoms with van der Waals surface area (Å²) in [6.07, 6.45) is 15.6. The molecule has 0 fully saturated rings. The SMILES string of the molecule is C/C=C1/C=CC=C/C(=C/CCC)C1.CC.CCNC(=O)OCc1cc(OC(=O)NCC)c(C(C)C)cc1-c1cc(=S)[nH][nH]1. The van der Waals surface area contributed by atoms with Gasteiger partial charge in [0.15, 0.2) is 0 Å². The second-order valence-electron chi connectivity index (χ2n) is 9.73. The van der Waals surface area contributed by atoms with Crippen molar-refractivity contribution in [1.82, 2.24) is 20.8 Å². The molecule has 0 saturated heterocycles. The summed E-state index contributed by atoms with van der Waals surface area (Å²) in [7, 11) is 0. The van der Waals surface area contributed by atoms with Crippen LogP contribution in [0.3, 0.4) is 0 Å². The number of carbonyl (C=O) groups is 2. The number of allylic oxidation sites excluding steroid dienone is 8. The molecule has 9 heteroatoms. The van der Waals surface area contributed by atoms with Crippen LogP contribution in [-0.4, -0.2) is 35.5 Å². The monoisotopic (exact) mass is 610 g/mol. The number of aromatic nitrogens is 2. The van der Waals surface area contributed by atoms with Crippen LogP contribution in [0.1, 0.15) is 91.7 Å². The first-order valence-electron chi connectivity index (χ1n) is 15.2. The molecule has 2 amide bonds. The van der Waals surface area contributed by atoms with Crippen molar-refractivity contribution in [2.45, 2.75) is 87.2 Å². The number of ether oxygens (including phenoxy) is 2. The van der Waals surface area contributed by atoms with Crippen LogP contribution in [-0.2, 0) is 11.3 Å². The number of amides is 2. The lowest BCUT2D eigenvalue weighted by Crippen LogP contribution is -2.27. The average molecular weight is 611 g/mol. The molecular weight excluding hydrogens is 560 g/mol. The molecule has 3 rings (SSSR count). The smallest absolute Gasteiger partial charge is 0.412 e. The van der Waals surface area contributed by atoms with Gasteiger partial charge in [0.25, 0.3) is 0 Å². The maximum absolute atomic E-state index is 12.0. The van der Waals surface area contributed by atoms with Crippen molar-refractivity contribution >= 4 is 24.4 Å².